The van der Waals surface area contributed by atoms with Crippen LogP contribution in [-0.2, 0) is 27.0 Å². The second-order valence-electron chi connectivity index (χ2n) is 5.33. The number of pyridine rings is 1. The van der Waals surface area contributed by atoms with Crippen molar-refractivity contribution in [1.29, 1.82) is 0 Å². The Morgan fingerprint density at radius 3 is 2.29 bits per heavy atom. The van der Waals surface area contributed by atoms with Gasteiger partial charge in [0.2, 0.25) is 0 Å². The lowest BCUT2D eigenvalue weighted by Crippen LogP contribution is -2.28. The molecule has 1 aromatic carbocycles. The van der Waals surface area contributed by atoms with Gasteiger partial charge in [-0.2, -0.15) is 13.2 Å². The maximum atomic E-state index is 12.7. The van der Waals surface area contributed by atoms with E-state index in [1.165, 1.54) is 12.1 Å². The molecule has 1 heterocycles. The second kappa shape index (κ2) is 8.85. The summed E-state index contributed by atoms with van der Waals surface area (Å²) in [6.45, 7) is -1.58. The Hall–Kier alpha value is -2.23. The number of benzene rings is 1. The van der Waals surface area contributed by atoms with E-state index in [2.05, 4.69) is 10.1 Å². The van der Waals surface area contributed by atoms with Gasteiger partial charge >= 0.3 is 12.1 Å². The summed E-state index contributed by atoms with van der Waals surface area (Å²) in [6, 6.07) is 3.93. The third-order valence-electron chi connectivity index (χ3n) is 3.25. The maximum absolute atomic E-state index is 12.7. The molecule has 0 saturated carbocycles. The molecular weight excluding hydrogens is 448 g/mol. The third kappa shape index (κ3) is 5.88. The lowest BCUT2D eigenvalue weighted by atomic mass is 10.3. The Morgan fingerprint density at radius 2 is 1.71 bits per heavy atom. The van der Waals surface area contributed by atoms with Crippen molar-refractivity contribution in [2.24, 2.45) is 0 Å². The van der Waals surface area contributed by atoms with Gasteiger partial charge < -0.3 is 14.6 Å². The number of carbonyl (C=O) groups is 2. The van der Waals surface area contributed by atoms with Gasteiger partial charge in [0.15, 0.2) is 6.61 Å². The van der Waals surface area contributed by atoms with Crippen molar-refractivity contribution < 1.29 is 27.5 Å². The van der Waals surface area contributed by atoms with Crippen LogP contribution in [-0.4, -0.2) is 23.1 Å². The first-order chi connectivity index (χ1) is 13.0. The van der Waals surface area contributed by atoms with E-state index in [1.54, 1.807) is 0 Å². The van der Waals surface area contributed by atoms with Crippen LogP contribution in [0.1, 0.15) is 5.56 Å². The van der Waals surface area contributed by atoms with Crippen molar-refractivity contribution in [2.45, 2.75) is 12.7 Å². The monoisotopic (exact) mass is 456 g/mol. The number of nitrogens with one attached hydrogen (secondary N) is 1. The zero-order valence-electron chi connectivity index (χ0n) is 13.6. The zero-order valence-corrected chi connectivity index (χ0v) is 15.9. The molecule has 0 aliphatic heterocycles. The fraction of sp³-hybridized carbons (Fsp3) is 0.188. The number of nitrogens with zero attached hydrogens (tertiary/aromatic N) is 1. The smallest absolute Gasteiger partial charge is 0.417 e. The van der Waals surface area contributed by atoms with Gasteiger partial charge in [-0.3, -0.25) is 14.4 Å². The molecule has 6 nitrogen and oxygen atoms in total. The number of esters is 1. The minimum Gasteiger partial charge on any atom is -0.454 e. The molecule has 0 radical (unpaired) electrons. The maximum Gasteiger partial charge on any atom is 0.417 e. The molecule has 28 heavy (non-hydrogen) atoms. The standard InChI is InChI=1S/C16H10Cl3F3N2O4/c17-9-3-10(18)15(11(19)4-9)23-12(25)7-28-14(27)6-24-5-8(16(20,21)22)1-2-13(24)26/h1-5H,6-7H2,(H,23,25). The van der Waals surface area contributed by atoms with Gasteiger partial charge in [0, 0.05) is 17.3 Å². The summed E-state index contributed by atoms with van der Waals surface area (Å²) in [4.78, 5) is 35.2. The normalized spacial score (nSPS) is 11.2. The zero-order chi connectivity index (χ0) is 21.1. The van der Waals surface area contributed by atoms with Crippen molar-refractivity contribution in [1.82, 2.24) is 4.57 Å². The Balaban J connectivity index is 1.98. The predicted molar refractivity (Wildman–Crippen MR) is 96.8 cm³/mol. The molecule has 0 aliphatic carbocycles. The number of anilines is 1. The summed E-state index contributed by atoms with van der Waals surface area (Å²) in [7, 11) is 0. The van der Waals surface area contributed by atoms with Crippen LogP contribution < -0.4 is 10.9 Å². The Labute approximate surface area is 170 Å². The number of aromatic nitrogens is 1. The topological polar surface area (TPSA) is 77.4 Å². The van der Waals surface area contributed by atoms with Crippen molar-refractivity contribution in [3.63, 3.8) is 0 Å². The molecule has 2 aromatic rings. The molecule has 12 heteroatoms. The molecule has 150 valence electrons. The van der Waals surface area contributed by atoms with Crippen LogP contribution in [0.3, 0.4) is 0 Å². The largest absolute Gasteiger partial charge is 0.454 e. The third-order valence-corrected chi connectivity index (χ3v) is 4.06. The molecule has 0 spiro atoms. The van der Waals surface area contributed by atoms with Crippen LogP contribution in [0.4, 0.5) is 18.9 Å². The fourth-order valence-corrected chi connectivity index (χ4v) is 2.90. The first kappa shape index (κ1) is 22.1. The van der Waals surface area contributed by atoms with E-state index in [-0.39, 0.29) is 20.8 Å². The van der Waals surface area contributed by atoms with Crippen LogP contribution in [0, 0.1) is 0 Å². The first-order valence-corrected chi connectivity index (χ1v) is 8.48. The molecule has 1 aromatic heterocycles. The van der Waals surface area contributed by atoms with E-state index < -0.39 is 42.3 Å². The molecule has 0 unspecified atom stereocenters. The number of rotatable bonds is 5. The summed E-state index contributed by atoms with van der Waals surface area (Å²) in [5.41, 5.74) is -1.90. The predicted octanol–water partition coefficient (Wildman–Crippen LogP) is 4.01. The van der Waals surface area contributed by atoms with E-state index in [0.717, 1.165) is 0 Å². The van der Waals surface area contributed by atoms with Crippen molar-refractivity contribution >= 4 is 52.4 Å². The quantitative estimate of drug-likeness (QED) is 0.688. The van der Waals surface area contributed by atoms with E-state index in [0.29, 0.717) is 22.9 Å². The van der Waals surface area contributed by atoms with E-state index >= 15 is 0 Å². The number of carbonyl (C=O) groups excluding carboxylic acids is 2. The van der Waals surface area contributed by atoms with Crippen molar-refractivity contribution in [2.75, 3.05) is 11.9 Å². The molecule has 0 saturated heterocycles. The molecule has 1 amide bonds. The van der Waals surface area contributed by atoms with Crippen LogP contribution >= 0.6 is 34.8 Å². The molecule has 0 aliphatic rings. The number of hydrogen-bond acceptors (Lipinski definition) is 4. The average Bonchev–Trinajstić information content (AvgIpc) is 2.57. The molecule has 1 N–H and O–H groups in total. The fourth-order valence-electron chi connectivity index (χ4n) is 1.99. The van der Waals surface area contributed by atoms with Gasteiger partial charge in [-0.15, -0.1) is 0 Å². The van der Waals surface area contributed by atoms with Crippen LogP contribution in [0.25, 0.3) is 0 Å². The summed E-state index contributed by atoms with van der Waals surface area (Å²) in [5.74, 6) is -1.90. The Morgan fingerprint density at radius 1 is 1.11 bits per heavy atom. The number of amides is 1. The lowest BCUT2D eigenvalue weighted by molar-refractivity contribution is -0.148. The number of alkyl halides is 3. The van der Waals surface area contributed by atoms with E-state index in [1.807, 2.05) is 0 Å². The van der Waals surface area contributed by atoms with Gasteiger partial charge in [-0.1, -0.05) is 34.8 Å². The first-order valence-electron chi connectivity index (χ1n) is 7.35. The summed E-state index contributed by atoms with van der Waals surface area (Å²) in [6.07, 6.45) is -4.20. The highest BCUT2D eigenvalue weighted by Crippen LogP contribution is 2.33. The van der Waals surface area contributed by atoms with Crippen molar-refractivity contribution in [3.05, 3.63) is 61.4 Å². The molecule has 0 atom stereocenters. The summed E-state index contributed by atoms with van der Waals surface area (Å²) in [5, 5.41) is 2.65. The van der Waals surface area contributed by atoms with Crippen LogP contribution in [0.15, 0.2) is 35.3 Å². The highest BCUT2D eigenvalue weighted by Gasteiger charge is 2.31. The molecule has 0 bridgehead atoms. The lowest BCUT2D eigenvalue weighted by Gasteiger charge is -2.12. The van der Waals surface area contributed by atoms with Crippen LogP contribution in [0.5, 0.6) is 0 Å². The molecular formula is C16H10Cl3F3N2O4. The number of hydrogen-bond donors (Lipinski definition) is 1. The van der Waals surface area contributed by atoms with E-state index in [4.69, 9.17) is 34.8 Å². The summed E-state index contributed by atoms with van der Waals surface area (Å²) >= 11 is 17.5. The Bertz CT molecular complexity index is 953. The number of halogens is 6. The van der Waals surface area contributed by atoms with Gasteiger partial charge in [0.05, 0.1) is 21.3 Å². The Kier molecular flexibility index (Phi) is 6.97. The minimum atomic E-state index is -4.68. The molecule has 0 fully saturated rings. The molecule has 2 rings (SSSR count). The number of ether oxygens (including phenoxy) is 1. The minimum absolute atomic E-state index is 0.0443. The second-order valence-corrected chi connectivity index (χ2v) is 6.59. The highest BCUT2D eigenvalue weighted by atomic mass is 35.5. The van der Waals surface area contributed by atoms with Crippen LogP contribution in [0.2, 0.25) is 15.1 Å². The highest BCUT2D eigenvalue weighted by molar-refractivity contribution is 6.42. The van der Waals surface area contributed by atoms with Gasteiger partial charge in [-0.05, 0) is 18.2 Å². The van der Waals surface area contributed by atoms with Gasteiger partial charge in [0.1, 0.15) is 6.54 Å². The van der Waals surface area contributed by atoms with E-state index in [9.17, 15) is 27.6 Å². The van der Waals surface area contributed by atoms with Gasteiger partial charge in [0.25, 0.3) is 11.5 Å². The summed E-state index contributed by atoms with van der Waals surface area (Å²) < 4.78 is 43.2. The SMILES string of the molecule is O=C(COC(=O)Cn1cc(C(F)(F)F)ccc1=O)Nc1c(Cl)cc(Cl)cc1Cl. The van der Waals surface area contributed by atoms with Gasteiger partial charge in [-0.25, -0.2) is 0 Å². The average molecular weight is 458 g/mol. The van der Waals surface area contributed by atoms with Crippen molar-refractivity contribution in [3.8, 4) is 0 Å².